The lowest BCUT2D eigenvalue weighted by Crippen LogP contribution is -2.14. The van der Waals surface area contributed by atoms with Crippen LogP contribution in [0.4, 0.5) is 0 Å². The van der Waals surface area contributed by atoms with Gasteiger partial charge in [-0.05, 0) is 26.2 Å². The van der Waals surface area contributed by atoms with Crippen LogP contribution in [0.2, 0.25) is 0 Å². The highest BCUT2D eigenvalue weighted by molar-refractivity contribution is 5.69. The van der Waals surface area contributed by atoms with Gasteiger partial charge in [0.15, 0.2) is 0 Å². The normalized spacial score (nSPS) is 12.5. The molecule has 0 heterocycles. The third-order valence-corrected chi connectivity index (χ3v) is 2.00. The summed E-state index contributed by atoms with van der Waals surface area (Å²) in [6.07, 6.45) is 6.15. The predicted molar refractivity (Wildman–Crippen MR) is 54.6 cm³/mol. The molecule has 1 unspecified atom stereocenters. The van der Waals surface area contributed by atoms with Gasteiger partial charge in [-0.1, -0.05) is 26.7 Å². The average molecular weight is 186 g/mol. The zero-order chi connectivity index (χ0) is 10.1. The summed E-state index contributed by atoms with van der Waals surface area (Å²) < 4.78 is 5.20. The molecule has 0 aliphatic rings. The van der Waals surface area contributed by atoms with E-state index in [1.54, 1.807) is 0 Å². The minimum atomic E-state index is -0.0495. The molecule has 0 aromatic heterocycles. The number of ether oxygens (including phenoxy) is 1. The predicted octanol–water partition coefficient (Wildman–Crippen LogP) is 3.30. The monoisotopic (exact) mass is 186 g/mol. The van der Waals surface area contributed by atoms with Crippen LogP contribution in [-0.2, 0) is 9.53 Å². The summed E-state index contributed by atoms with van der Waals surface area (Å²) in [6.45, 7) is 6.14. The number of rotatable bonds is 7. The molecule has 0 bridgehead atoms. The fraction of sp³-hybridized carbons (Fsp3) is 0.909. The summed E-state index contributed by atoms with van der Waals surface area (Å²) in [7, 11) is 0. The van der Waals surface area contributed by atoms with Crippen LogP contribution in [0.3, 0.4) is 0 Å². The molecule has 1 atom stereocenters. The van der Waals surface area contributed by atoms with Gasteiger partial charge in [-0.25, -0.2) is 0 Å². The van der Waals surface area contributed by atoms with Gasteiger partial charge in [0.1, 0.15) is 0 Å². The maximum absolute atomic E-state index is 11.1. The van der Waals surface area contributed by atoms with Gasteiger partial charge in [0, 0.05) is 6.42 Å². The lowest BCUT2D eigenvalue weighted by molar-refractivity contribution is -0.148. The zero-order valence-corrected chi connectivity index (χ0v) is 9.14. The van der Waals surface area contributed by atoms with Gasteiger partial charge in [0.25, 0.3) is 0 Å². The molecular formula is C11H22O2. The number of carbonyl (C=O) groups excluding carboxylic acids is 1. The highest BCUT2D eigenvalue weighted by atomic mass is 16.5. The Morgan fingerprint density at radius 2 is 1.92 bits per heavy atom. The van der Waals surface area contributed by atoms with Crippen LogP contribution in [0.25, 0.3) is 0 Å². The molecule has 0 amide bonds. The number of carbonyl (C=O) groups is 1. The van der Waals surface area contributed by atoms with Crippen molar-refractivity contribution in [2.24, 2.45) is 0 Å². The van der Waals surface area contributed by atoms with E-state index in [0.29, 0.717) is 6.42 Å². The Morgan fingerprint density at radius 3 is 2.46 bits per heavy atom. The minimum Gasteiger partial charge on any atom is -0.463 e. The first kappa shape index (κ1) is 12.5. The largest absolute Gasteiger partial charge is 0.463 e. The van der Waals surface area contributed by atoms with Crippen LogP contribution in [0.5, 0.6) is 0 Å². The summed E-state index contributed by atoms with van der Waals surface area (Å²) in [4.78, 5) is 11.1. The molecule has 0 fully saturated rings. The Labute approximate surface area is 81.7 Å². The first-order valence-corrected chi connectivity index (χ1v) is 5.40. The zero-order valence-electron chi connectivity index (χ0n) is 9.14. The van der Waals surface area contributed by atoms with Crippen molar-refractivity contribution in [3.63, 3.8) is 0 Å². The molecule has 13 heavy (non-hydrogen) atoms. The second kappa shape index (κ2) is 8.09. The SMILES string of the molecule is CCCCCC(C)OC(=O)CCC. The Balaban J connectivity index is 3.38. The van der Waals surface area contributed by atoms with Crippen molar-refractivity contribution in [1.82, 2.24) is 0 Å². The maximum Gasteiger partial charge on any atom is 0.306 e. The molecule has 0 saturated heterocycles. The van der Waals surface area contributed by atoms with E-state index in [9.17, 15) is 4.79 Å². The van der Waals surface area contributed by atoms with E-state index in [2.05, 4.69) is 6.92 Å². The van der Waals surface area contributed by atoms with Crippen molar-refractivity contribution in [3.05, 3.63) is 0 Å². The Morgan fingerprint density at radius 1 is 1.23 bits per heavy atom. The molecule has 0 saturated carbocycles. The Bertz CT molecular complexity index is 132. The smallest absolute Gasteiger partial charge is 0.306 e. The van der Waals surface area contributed by atoms with E-state index in [0.717, 1.165) is 19.3 Å². The van der Waals surface area contributed by atoms with Crippen molar-refractivity contribution in [2.45, 2.75) is 65.4 Å². The van der Waals surface area contributed by atoms with Crippen LogP contribution in [0.1, 0.15) is 59.3 Å². The standard InChI is InChI=1S/C11H22O2/c1-4-6-7-9-10(3)13-11(12)8-5-2/h10H,4-9H2,1-3H3. The van der Waals surface area contributed by atoms with E-state index in [1.165, 1.54) is 12.8 Å². The van der Waals surface area contributed by atoms with Gasteiger partial charge in [0.2, 0.25) is 0 Å². The molecule has 0 rings (SSSR count). The highest BCUT2D eigenvalue weighted by Gasteiger charge is 2.07. The summed E-state index contributed by atoms with van der Waals surface area (Å²) >= 11 is 0. The van der Waals surface area contributed by atoms with Crippen molar-refractivity contribution >= 4 is 5.97 Å². The van der Waals surface area contributed by atoms with E-state index in [1.807, 2.05) is 13.8 Å². The fourth-order valence-electron chi connectivity index (χ4n) is 1.23. The van der Waals surface area contributed by atoms with Crippen molar-refractivity contribution < 1.29 is 9.53 Å². The molecule has 0 radical (unpaired) electrons. The average Bonchev–Trinajstić information content (AvgIpc) is 2.05. The molecule has 2 nitrogen and oxygen atoms in total. The Kier molecular flexibility index (Phi) is 7.76. The van der Waals surface area contributed by atoms with E-state index in [4.69, 9.17) is 4.74 Å². The van der Waals surface area contributed by atoms with Gasteiger partial charge in [0.05, 0.1) is 6.10 Å². The number of hydrogen-bond acceptors (Lipinski definition) is 2. The van der Waals surface area contributed by atoms with Gasteiger partial charge < -0.3 is 4.74 Å². The van der Waals surface area contributed by atoms with Crippen LogP contribution in [-0.4, -0.2) is 12.1 Å². The van der Waals surface area contributed by atoms with Gasteiger partial charge in [-0.3, -0.25) is 4.79 Å². The van der Waals surface area contributed by atoms with Crippen molar-refractivity contribution in [2.75, 3.05) is 0 Å². The maximum atomic E-state index is 11.1. The third kappa shape index (κ3) is 7.82. The summed E-state index contributed by atoms with van der Waals surface area (Å²) in [6, 6.07) is 0. The fourth-order valence-corrected chi connectivity index (χ4v) is 1.23. The van der Waals surface area contributed by atoms with Gasteiger partial charge >= 0.3 is 5.97 Å². The van der Waals surface area contributed by atoms with Crippen molar-refractivity contribution in [1.29, 1.82) is 0 Å². The topological polar surface area (TPSA) is 26.3 Å². The second-order valence-electron chi connectivity index (χ2n) is 3.55. The van der Waals surface area contributed by atoms with E-state index >= 15 is 0 Å². The second-order valence-corrected chi connectivity index (χ2v) is 3.55. The van der Waals surface area contributed by atoms with Crippen molar-refractivity contribution in [3.8, 4) is 0 Å². The molecule has 0 aromatic rings. The van der Waals surface area contributed by atoms with E-state index < -0.39 is 0 Å². The third-order valence-electron chi connectivity index (χ3n) is 2.00. The first-order valence-electron chi connectivity index (χ1n) is 5.40. The lowest BCUT2D eigenvalue weighted by Gasteiger charge is -2.12. The van der Waals surface area contributed by atoms with Gasteiger partial charge in [-0.15, -0.1) is 0 Å². The molecule has 0 spiro atoms. The molecule has 78 valence electrons. The van der Waals surface area contributed by atoms with Crippen LogP contribution in [0, 0.1) is 0 Å². The minimum absolute atomic E-state index is 0.0495. The molecule has 0 aliphatic heterocycles. The molecule has 0 aromatic carbocycles. The quantitative estimate of drug-likeness (QED) is 0.450. The summed E-state index contributed by atoms with van der Waals surface area (Å²) in [5, 5.41) is 0. The number of hydrogen-bond donors (Lipinski definition) is 0. The number of unbranched alkanes of at least 4 members (excludes halogenated alkanes) is 2. The van der Waals surface area contributed by atoms with Gasteiger partial charge in [-0.2, -0.15) is 0 Å². The first-order chi connectivity index (χ1) is 6.20. The van der Waals surface area contributed by atoms with Crippen LogP contribution >= 0.6 is 0 Å². The molecular weight excluding hydrogens is 164 g/mol. The van der Waals surface area contributed by atoms with Crippen LogP contribution in [0.15, 0.2) is 0 Å². The summed E-state index contributed by atoms with van der Waals surface area (Å²) in [5.74, 6) is -0.0495. The van der Waals surface area contributed by atoms with Crippen LogP contribution < -0.4 is 0 Å². The van der Waals surface area contributed by atoms with E-state index in [-0.39, 0.29) is 12.1 Å². The molecule has 2 heteroatoms. The molecule has 0 N–H and O–H groups in total. The molecule has 0 aliphatic carbocycles. The highest BCUT2D eigenvalue weighted by Crippen LogP contribution is 2.07. The summed E-state index contributed by atoms with van der Waals surface area (Å²) in [5.41, 5.74) is 0. The number of esters is 1. The Hall–Kier alpha value is -0.530. The lowest BCUT2D eigenvalue weighted by atomic mass is 10.1.